The number of cyclic esters (lactones) is 1. The third-order valence-corrected chi connectivity index (χ3v) is 6.51. The highest BCUT2D eigenvalue weighted by Gasteiger charge is 2.53. The number of allylic oxidation sites excluding steroid dienone is 1. The first-order valence-electron chi connectivity index (χ1n) is 9.15. The SMILES string of the molecule is C[C@@H]1OC(=O)C2CC3CCCCC3C(/C=C/c3cccc(Cl)n3)C21. The van der Waals surface area contributed by atoms with Crippen LogP contribution in [0.25, 0.3) is 6.08 Å². The van der Waals surface area contributed by atoms with Crippen LogP contribution in [0.1, 0.15) is 44.7 Å². The topological polar surface area (TPSA) is 39.2 Å². The number of hydrogen-bond donors (Lipinski definition) is 0. The Hall–Kier alpha value is -1.35. The number of rotatable bonds is 2. The normalized spacial score (nSPS) is 38.7. The molecule has 128 valence electrons. The molecule has 2 heterocycles. The van der Waals surface area contributed by atoms with Crippen molar-refractivity contribution in [3.63, 3.8) is 0 Å². The molecule has 4 heteroatoms. The maximum absolute atomic E-state index is 12.3. The number of carbonyl (C=O) groups is 1. The van der Waals surface area contributed by atoms with Crippen molar-refractivity contribution in [1.82, 2.24) is 4.98 Å². The van der Waals surface area contributed by atoms with E-state index in [-0.39, 0.29) is 18.0 Å². The van der Waals surface area contributed by atoms with Gasteiger partial charge in [-0.05, 0) is 55.7 Å². The Balaban J connectivity index is 1.64. The summed E-state index contributed by atoms with van der Waals surface area (Å²) in [5, 5.41) is 0.516. The molecule has 24 heavy (non-hydrogen) atoms. The number of carbonyl (C=O) groups excluding carboxylic acids is 1. The molecule has 0 spiro atoms. The zero-order valence-corrected chi connectivity index (χ0v) is 14.8. The van der Waals surface area contributed by atoms with Crippen molar-refractivity contribution in [3.8, 4) is 0 Å². The molecule has 4 rings (SSSR count). The first-order chi connectivity index (χ1) is 11.6. The van der Waals surface area contributed by atoms with Gasteiger partial charge in [-0.1, -0.05) is 43.0 Å². The Morgan fingerprint density at radius 1 is 1.29 bits per heavy atom. The summed E-state index contributed by atoms with van der Waals surface area (Å²) in [6.07, 6.45) is 10.6. The molecule has 5 unspecified atom stereocenters. The molecule has 0 N–H and O–H groups in total. The highest BCUT2D eigenvalue weighted by molar-refractivity contribution is 6.29. The molecular weight excluding hydrogens is 322 g/mol. The van der Waals surface area contributed by atoms with Crippen molar-refractivity contribution in [2.24, 2.45) is 29.6 Å². The summed E-state index contributed by atoms with van der Waals surface area (Å²) in [4.78, 5) is 16.6. The maximum Gasteiger partial charge on any atom is 0.309 e. The van der Waals surface area contributed by atoms with Gasteiger partial charge in [0.15, 0.2) is 0 Å². The fourth-order valence-electron chi connectivity index (χ4n) is 5.31. The van der Waals surface area contributed by atoms with E-state index in [1.54, 1.807) is 6.07 Å². The van der Waals surface area contributed by atoms with E-state index in [9.17, 15) is 4.79 Å². The number of esters is 1. The van der Waals surface area contributed by atoms with E-state index in [1.807, 2.05) is 12.1 Å². The standard InChI is InChI=1S/C20H24ClNO2/c1-12-19-16(10-9-14-6-4-8-18(21)22-14)15-7-3-2-5-13(15)11-17(19)20(23)24-12/h4,6,8-10,12-13,15-17,19H,2-3,5,7,11H2,1H3/b10-9+/t12-,13?,15?,16?,17?,19?/m0/s1. The molecule has 3 aliphatic rings. The quantitative estimate of drug-likeness (QED) is 0.573. The summed E-state index contributed by atoms with van der Waals surface area (Å²) < 4.78 is 5.61. The Labute approximate surface area is 148 Å². The number of halogens is 1. The molecule has 3 nitrogen and oxygen atoms in total. The molecule has 1 aliphatic heterocycles. The first-order valence-corrected chi connectivity index (χ1v) is 9.52. The number of pyridine rings is 1. The minimum Gasteiger partial charge on any atom is -0.462 e. The minimum absolute atomic E-state index is 0.0207. The molecule has 2 aliphatic carbocycles. The zero-order valence-electron chi connectivity index (χ0n) is 14.0. The molecule has 1 saturated heterocycles. The molecule has 1 aromatic rings. The highest BCUT2D eigenvalue weighted by atomic mass is 35.5. The van der Waals surface area contributed by atoms with Crippen LogP contribution in [0.4, 0.5) is 0 Å². The number of fused-ring (bicyclic) bond motifs is 2. The summed E-state index contributed by atoms with van der Waals surface area (Å²) in [5.74, 6) is 2.16. The van der Waals surface area contributed by atoms with Crippen molar-refractivity contribution in [1.29, 1.82) is 0 Å². The van der Waals surface area contributed by atoms with Crippen LogP contribution < -0.4 is 0 Å². The van der Waals surface area contributed by atoms with Crippen molar-refractivity contribution < 1.29 is 9.53 Å². The predicted octanol–water partition coefficient (Wildman–Crippen LogP) is 4.75. The molecule has 0 aromatic carbocycles. The van der Waals surface area contributed by atoms with Crippen molar-refractivity contribution in [2.45, 2.75) is 45.1 Å². The van der Waals surface area contributed by atoms with Gasteiger partial charge < -0.3 is 4.74 Å². The van der Waals surface area contributed by atoms with Gasteiger partial charge in [0.1, 0.15) is 11.3 Å². The lowest BCUT2D eigenvalue weighted by atomic mass is 9.57. The van der Waals surface area contributed by atoms with Crippen LogP contribution in [0, 0.1) is 29.6 Å². The van der Waals surface area contributed by atoms with E-state index in [0.29, 0.717) is 28.8 Å². The van der Waals surface area contributed by atoms with Crippen LogP contribution in [0.5, 0.6) is 0 Å². The van der Waals surface area contributed by atoms with Crippen LogP contribution in [0.3, 0.4) is 0 Å². The first kappa shape index (κ1) is 16.1. The number of hydrogen-bond acceptors (Lipinski definition) is 3. The Morgan fingerprint density at radius 2 is 2.12 bits per heavy atom. The van der Waals surface area contributed by atoms with E-state index in [2.05, 4.69) is 24.1 Å². The molecule has 3 fully saturated rings. The van der Waals surface area contributed by atoms with Gasteiger partial charge >= 0.3 is 5.97 Å². The lowest BCUT2D eigenvalue weighted by Gasteiger charge is -2.45. The summed E-state index contributed by atoms with van der Waals surface area (Å²) in [6.45, 7) is 2.06. The average molecular weight is 346 g/mol. The molecule has 0 amide bonds. The van der Waals surface area contributed by atoms with Crippen LogP contribution in [0.2, 0.25) is 5.15 Å². The summed E-state index contributed by atoms with van der Waals surface area (Å²) >= 11 is 6.00. The van der Waals surface area contributed by atoms with Crippen LogP contribution in [-0.2, 0) is 9.53 Å². The smallest absolute Gasteiger partial charge is 0.309 e. The summed E-state index contributed by atoms with van der Waals surface area (Å²) in [6, 6.07) is 5.69. The van der Waals surface area contributed by atoms with Gasteiger partial charge in [-0.2, -0.15) is 0 Å². The molecule has 0 radical (unpaired) electrons. The Morgan fingerprint density at radius 3 is 2.96 bits per heavy atom. The molecule has 2 saturated carbocycles. The second kappa shape index (κ2) is 6.51. The predicted molar refractivity (Wildman–Crippen MR) is 94.4 cm³/mol. The van der Waals surface area contributed by atoms with E-state index in [1.165, 1.54) is 25.7 Å². The Bertz CT molecular complexity index is 659. The van der Waals surface area contributed by atoms with Crippen LogP contribution in [-0.4, -0.2) is 17.1 Å². The lowest BCUT2D eigenvalue weighted by Crippen LogP contribution is -2.42. The van der Waals surface area contributed by atoms with Gasteiger partial charge in [-0.3, -0.25) is 4.79 Å². The number of nitrogens with zero attached hydrogens (tertiary/aromatic N) is 1. The van der Waals surface area contributed by atoms with E-state index in [4.69, 9.17) is 16.3 Å². The van der Waals surface area contributed by atoms with Crippen molar-refractivity contribution in [2.75, 3.05) is 0 Å². The van der Waals surface area contributed by atoms with Gasteiger partial charge in [0.25, 0.3) is 0 Å². The zero-order chi connectivity index (χ0) is 16.7. The largest absolute Gasteiger partial charge is 0.462 e. The van der Waals surface area contributed by atoms with Crippen LogP contribution in [0.15, 0.2) is 24.3 Å². The fraction of sp³-hybridized carbons (Fsp3) is 0.600. The second-order valence-corrected chi connectivity index (χ2v) is 7.98. The third-order valence-electron chi connectivity index (χ3n) is 6.30. The van der Waals surface area contributed by atoms with Crippen molar-refractivity contribution >= 4 is 23.6 Å². The second-order valence-electron chi connectivity index (χ2n) is 7.59. The van der Waals surface area contributed by atoms with Gasteiger partial charge in [0, 0.05) is 5.92 Å². The molecule has 0 bridgehead atoms. The monoisotopic (exact) mass is 345 g/mol. The van der Waals surface area contributed by atoms with Gasteiger partial charge in [0.2, 0.25) is 0 Å². The molecule has 1 aromatic heterocycles. The van der Waals surface area contributed by atoms with E-state index >= 15 is 0 Å². The molecular formula is C20H24ClNO2. The fourth-order valence-corrected chi connectivity index (χ4v) is 5.48. The van der Waals surface area contributed by atoms with E-state index in [0.717, 1.165) is 12.1 Å². The van der Waals surface area contributed by atoms with Gasteiger partial charge in [0.05, 0.1) is 11.6 Å². The van der Waals surface area contributed by atoms with Gasteiger partial charge in [-0.15, -0.1) is 0 Å². The van der Waals surface area contributed by atoms with Crippen molar-refractivity contribution in [3.05, 3.63) is 35.1 Å². The molecule has 6 atom stereocenters. The number of aromatic nitrogens is 1. The maximum atomic E-state index is 12.3. The third kappa shape index (κ3) is 2.88. The highest BCUT2D eigenvalue weighted by Crippen LogP contribution is 2.53. The van der Waals surface area contributed by atoms with E-state index < -0.39 is 0 Å². The number of ether oxygens (including phenoxy) is 1. The summed E-state index contributed by atoms with van der Waals surface area (Å²) in [7, 11) is 0. The van der Waals surface area contributed by atoms with Crippen LogP contribution >= 0.6 is 11.6 Å². The summed E-state index contributed by atoms with van der Waals surface area (Å²) in [5.41, 5.74) is 0.884. The minimum atomic E-state index is 0.0207. The average Bonchev–Trinajstić information content (AvgIpc) is 2.86. The van der Waals surface area contributed by atoms with Gasteiger partial charge in [-0.25, -0.2) is 4.98 Å². The lowest BCUT2D eigenvalue weighted by molar-refractivity contribution is -0.144. The Kier molecular flexibility index (Phi) is 4.38.